The fourth-order valence-corrected chi connectivity index (χ4v) is 15.1. The molecule has 4 rings (SSSR count). The Morgan fingerprint density at radius 2 is 1.48 bits per heavy atom. The van der Waals surface area contributed by atoms with Crippen molar-refractivity contribution in [2.24, 2.45) is 23.7 Å². The lowest BCUT2D eigenvalue weighted by molar-refractivity contribution is 0.312. The zero-order valence-corrected chi connectivity index (χ0v) is 19.1. The fraction of sp³-hybridized carbons (Fsp3) is 1.00. The molecule has 0 N–H and O–H groups in total. The van der Waals surface area contributed by atoms with Gasteiger partial charge in [-0.1, -0.05) is 32.1 Å². The smallest absolute Gasteiger partial charge is 0.173 e. The van der Waals surface area contributed by atoms with Crippen LogP contribution in [0.1, 0.15) is 57.8 Å². The Labute approximate surface area is 157 Å². The second kappa shape index (κ2) is 7.07. The zero-order valence-electron chi connectivity index (χ0n) is 17.1. The summed E-state index contributed by atoms with van der Waals surface area (Å²) in [6, 6.07) is 2.74. The highest BCUT2D eigenvalue weighted by Crippen LogP contribution is 2.54. The SMILES string of the molecule is C[Si](C)(CCC1CCCC2CC12)O[Si](C)(C)CCC1CCCC2OC12. The molecule has 25 heavy (non-hydrogen) atoms. The van der Waals surface area contributed by atoms with Crippen LogP contribution in [0.5, 0.6) is 0 Å². The number of rotatable bonds is 8. The van der Waals surface area contributed by atoms with Gasteiger partial charge in [0.05, 0.1) is 12.2 Å². The minimum Gasteiger partial charge on any atom is -0.455 e. The third kappa shape index (κ3) is 4.80. The first-order valence-electron chi connectivity index (χ1n) is 11.2. The summed E-state index contributed by atoms with van der Waals surface area (Å²) in [6.45, 7) is 9.95. The first kappa shape index (κ1) is 18.7. The van der Waals surface area contributed by atoms with Crippen LogP contribution in [0, 0.1) is 23.7 Å². The molecule has 4 fully saturated rings. The average Bonchev–Trinajstić information content (AvgIpc) is 3.42. The molecule has 2 nitrogen and oxygen atoms in total. The highest BCUT2D eigenvalue weighted by atomic mass is 28.4. The average molecular weight is 381 g/mol. The van der Waals surface area contributed by atoms with Gasteiger partial charge >= 0.3 is 0 Å². The van der Waals surface area contributed by atoms with E-state index in [1.165, 1.54) is 63.5 Å². The molecule has 144 valence electrons. The summed E-state index contributed by atoms with van der Waals surface area (Å²) in [7, 11) is -3.02. The van der Waals surface area contributed by atoms with Crippen LogP contribution in [0.3, 0.4) is 0 Å². The number of ether oxygens (including phenoxy) is 1. The van der Waals surface area contributed by atoms with Crippen molar-refractivity contribution in [3.63, 3.8) is 0 Å². The van der Waals surface area contributed by atoms with E-state index in [0.29, 0.717) is 12.2 Å². The number of epoxide rings is 1. The van der Waals surface area contributed by atoms with Gasteiger partial charge in [0.25, 0.3) is 0 Å². The first-order chi connectivity index (χ1) is 11.8. The number of hydrogen-bond donors (Lipinski definition) is 0. The lowest BCUT2D eigenvalue weighted by Gasteiger charge is -2.36. The van der Waals surface area contributed by atoms with Crippen molar-refractivity contribution >= 4 is 16.6 Å². The Hall–Kier alpha value is 0.354. The Morgan fingerprint density at radius 1 is 0.840 bits per heavy atom. The van der Waals surface area contributed by atoms with Gasteiger partial charge < -0.3 is 8.85 Å². The third-order valence-corrected chi connectivity index (χ3v) is 15.1. The van der Waals surface area contributed by atoms with Crippen LogP contribution in [0.2, 0.25) is 38.3 Å². The van der Waals surface area contributed by atoms with Gasteiger partial charge in [-0.25, -0.2) is 0 Å². The molecule has 0 spiro atoms. The molecule has 6 atom stereocenters. The molecule has 1 saturated heterocycles. The molecule has 0 aromatic carbocycles. The number of fused-ring (bicyclic) bond motifs is 2. The summed E-state index contributed by atoms with van der Waals surface area (Å²) in [5.74, 6) is 4.12. The normalized spacial score (nSPS) is 40.3. The standard InChI is InChI=1S/C21H40O2Si2/c1-24(2,13-11-16-7-5-9-18-15-19(16)18)23-25(3,4)14-12-17-8-6-10-20-21(17)22-20/h16-21H,5-15H2,1-4H3. The van der Waals surface area contributed by atoms with E-state index in [0.717, 1.165) is 23.7 Å². The maximum atomic E-state index is 6.94. The van der Waals surface area contributed by atoms with Crippen LogP contribution >= 0.6 is 0 Å². The van der Waals surface area contributed by atoms with E-state index in [4.69, 9.17) is 8.85 Å². The number of hydrogen-bond acceptors (Lipinski definition) is 2. The van der Waals surface area contributed by atoms with Crippen LogP contribution in [0.4, 0.5) is 0 Å². The molecule has 0 radical (unpaired) electrons. The van der Waals surface area contributed by atoms with Crippen molar-refractivity contribution in [3.05, 3.63) is 0 Å². The van der Waals surface area contributed by atoms with Gasteiger partial charge in [-0.2, -0.15) is 0 Å². The molecular weight excluding hydrogens is 340 g/mol. The van der Waals surface area contributed by atoms with E-state index in [2.05, 4.69) is 26.2 Å². The van der Waals surface area contributed by atoms with Gasteiger partial charge in [-0.15, -0.1) is 0 Å². The van der Waals surface area contributed by atoms with Gasteiger partial charge in [-0.3, -0.25) is 0 Å². The highest BCUT2D eigenvalue weighted by Gasteiger charge is 2.48. The van der Waals surface area contributed by atoms with E-state index >= 15 is 0 Å². The fourth-order valence-electron chi connectivity index (χ4n) is 6.17. The largest absolute Gasteiger partial charge is 0.455 e. The molecule has 1 heterocycles. The van der Waals surface area contributed by atoms with E-state index in [-0.39, 0.29) is 0 Å². The Bertz CT molecular complexity index is 437. The van der Waals surface area contributed by atoms with Gasteiger partial charge in [0, 0.05) is 0 Å². The molecule has 0 aromatic heterocycles. The van der Waals surface area contributed by atoms with E-state index in [1.54, 1.807) is 6.42 Å². The van der Waals surface area contributed by atoms with Crippen LogP contribution in [0.25, 0.3) is 0 Å². The Kier molecular flexibility index (Phi) is 5.29. The predicted molar refractivity (Wildman–Crippen MR) is 110 cm³/mol. The van der Waals surface area contributed by atoms with Gasteiger partial charge in [0.15, 0.2) is 16.6 Å². The zero-order chi connectivity index (χ0) is 17.7. The van der Waals surface area contributed by atoms with Crippen LogP contribution in [-0.4, -0.2) is 28.8 Å². The van der Waals surface area contributed by atoms with E-state index in [9.17, 15) is 0 Å². The summed E-state index contributed by atoms with van der Waals surface area (Å²) in [5, 5.41) is 0. The summed E-state index contributed by atoms with van der Waals surface area (Å²) in [6.07, 6.45) is 14.3. The monoisotopic (exact) mass is 380 g/mol. The second-order valence-electron chi connectivity index (χ2n) is 10.9. The first-order valence-corrected chi connectivity index (χ1v) is 17.4. The van der Waals surface area contributed by atoms with Gasteiger partial charge in [-0.05, 0) is 87.6 Å². The van der Waals surface area contributed by atoms with Crippen molar-refractivity contribution in [3.8, 4) is 0 Å². The summed E-state index contributed by atoms with van der Waals surface area (Å²) in [4.78, 5) is 0. The van der Waals surface area contributed by atoms with Gasteiger partial charge in [0.1, 0.15) is 0 Å². The second-order valence-corrected chi connectivity index (χ2v) is 19.7. The molecule has 3 saturated carbocycles. The molecule has 1 aliphatic heterocycles. The van der Waals surface area contributed by atoms with E-state index < -0.39 is 16.6 Å². The maximum Gasteiger partial charge on any atom is 0.173 e. The minimum absolute atomic E-state index is 0.626. The summed E-state index contributed by atoms with van der Waals surface area (Å²) < 4.78 is 12.8. The van der Waals surface area contributed by atoms with Crippen molar-refractivity contribution in [2.45, 2.75) is 108 Å². The summed E-state index contributed by atoms with van der Waals surface area (Å²) in [5.41, 5.74) is 0. The minimum atomic E-state index is -1.52. The van der Waals surface area contributed by atoms with Crippen molar-refractivity contribution in [1.82, 2.24) is 0 Å². The summed E-state index contributed by atoms with van der Waals surface area (Å²) >= 11 is 0. The van der Waals surface area contributed by atoms with Crippen LogP contribution in [0.15, 0.2) is 0 Å². The predicted octanol–water partition coefficient (Wildman–Crippen LogP) is 6.20. The van der Waals surface area contributed by atoms with Crippen LogP contribution in [-0.2, 0) is 8.85 Å². The Balaban J connectivity index is 1.21. The molecule has 4 aliphatic rings. The molecule has 6 unspecified atom stereocenters. The molecular formula is C21H40O2Si2. The van der Waals surface area contributed by atoms with Crippen LogP contribution < -0.4 is 0 Å². The quantitative estimate of drug-likeness (QED) is 0.369. The van der Waals surface area contributed by atoms with Crippen molar-refractivity contribution in [2.75, 3.05) is 0 Å². The lowest BCUT2D eigenvalue weighted by Crippen LogP contribution is -2.44. The van der Waals surface area contributed by atoms with E-state index in [1.807, 2.05) is 0 Å². The molecule has 3 aliphatic carbocycles. The molecule has 0 bridgehead atoms. The molecule has 0 amide bonds. The molecule has 0 aromatic rings. The highest BCUT2D eigenvalue weighted by molar-refractivity contribution is 6.84. The van der Waals surface area contributed by atoms with Crippen molar-refractivity contribution in [1.29, 1.82) is 0 Å². The lowest BCUT2D eigenvalue weighted by atomic mass is 9.87. The van der Waals surface area contributed by atoms with Crippen molar-refractivity contribution < 1.29 is 8.85 Å². The third-order valence-electron chi connectivity index (χ3n) is 7.67. The molecule has 4 heteroatoms. The Morgan fingerprint density at radius 3 is 2.24 bits per heavy atom. The maximum absolute atomic E-state index is 6.94. The van der Waals surface area contributed by atoms with Gasteiger partial charge in [0.2, 0.25) is 0 Å². The topological polar surface area (TPSA) is 21.8 Å².